The van der Waals surface area contributed by atoms with Crippen LogP contribution in [0.2, 0.25) is 0 Å². The van der Waals surface area contributed by atoms with Crippen molar-refractivity contribution in [2.75, 3.05) is 24.9 Å². The van der Waals surface area contributed by atoms with Crippen LogP contribution in [0.3, 0.4) is 0 Å². The largest absolute Gasteiger partial charge is 0.469 e. The lowest BCUT2D eigenvalue weighted by Gasteiger charge is -2.18. The zero-order valence-electron chi connectivity index (χ0n) is 11.7. The van der Waals surface area contributed by atoms with E-state index >= 15 is 0 Å². The standard InChI is InChI=1S/C13H14FN3O4S/c1-21-13(18)10-5-6-17(8-10)22(19,20)16-11-4-2-3-9(7-15)12(11)14/h2-4,10,16H,5-6,8H2,1H3. The summed E-state index contributed by atoms with van der Waals surface area (Å²) in [6, 6.07) is 5.48. The Balaban J connectivity index is 2.16. The smallest absolute Gasteiger partial charge is 0.310 e. The van der Waals surface area contributed by atoms with Crippen molar-refractivity contribution in [3.63, 3.8) is 0 Å². The zero-order chi connectivity index (χ0) is 16.3. The number of nitriles is 1. The SMILES string of the molecule is COC(=O)C1CCN(S(=O)(=O)Nc2cccc(C#N)c2F)C1. The molecule has 0 radical (unpaired) electrons. The number of benzene rings is 1. The molecule has 118 valence electrons. The lowest BCUT2D eigenvalue weighted by molar-refractivity contribution is -0.144. The number of carbonyl (C=O) groups excluding carboxylic acids is 1. The van der Waals surface area contributed by atoms with Crippen molar-refractivity contribution in [3.8, 4) is 6.07 Å². The fourth-order valence-electron chi connectivity index (χ4n) is 2.21. The minimum atomic E-state index is -4.01. The third kappa shape index (κ3) is 3.18. The lowest BCUT2D eigenvalue weighted by atomic mass is 10.1. The van der Waals surface area contributed by atoms with E-state index in [1.54, 1.807) is 6.07 Å². The predicted molar refractivity (Wildman–Crippen MR) is 75.4 cm³/mol. The summed E-state index contributed by atoms with van der Waals surface area (Å²) >= 11 is 0. The molecule has 0 bridgehead atoms. The average Bonchev–Trinajstić information content (AvgIpc) is 2.99. The van der Waals surface area contributed by atoms with Gasteiger partial charge in [0.25, 0.3) is 0 Å². The van der Waals surface area contributed by atoms with Crippen molar-refractivity contribution < 1.29 is 22.3 Å². The van der Waals surface area contributed by atoms with Crippen LogP contribution in [0.15, 0.2) is 18.2 Å². The third-order valence-electron chi connectivity index (χ3n) is 3.38. The van der Waals surface area contributed by atoms with Gasteiger partial charge in [0.1, 0.15) is 6.07 Å². The van der Waals surface area contributed by atoms with Crippen LogP contribution in [0, 0.1) is 23.1 Å². The first-order chi connectivity index (χ1) is 10.4. The van der Waals surface area contributed by atoms with Gasteiger partial charge in [0.05, 0.1) is 24.3 Å². The number of rotatable bonds is 4. The van der Waals surface area contributed by atoms with Crippen LogP contribution in [0.5, 0.6) is 0 Å². The van der Waals surface area contributed by atoms with Gasteiger partial charge in [0.2, 0.25) is 0 Å². The number of nitrogens with zero attached hydrogens (tertiary/aromatic N) is 2. The van der Waals surface area contributed by atoms with Crippen LogP contribution in [0.4, 0.5) is 10.1 Å². The maximum atomic E-state index is 13.9. The second kappa shape index (κ2) is 6.29. The first kappa shape index (κ1) is 16.2. The van der Waals surface area contributed by atoms with Crippen LogP contribution in [-0.2, 0) is 19.7 Å². The number of hydrogen-bond donors (Lipinski definition) is 1. The van der Waals surface area contributed by atoms with Crippen LogP contribution in [-0.4, -0.2) is 38.9 Å². The Kier molecular flexibility index (Phi) is 4.63. The summed E-state index contributed by atoms with van der Waals surface area (Å²) in [7, 11) is -2.77. The van der Waals surface area contributed by atoms with Crippen molar-refractivity contribution in [2.24, 2.45) is 5.92 Å². The van der Waals surface area contributed by atoms with Gasteiger partial charge in [-0.05, 0) is 18.6 Å². The molecule has 1 aliphatic rings. The number of halogens is 1. The third-order valence-corrected chi connectivity index (χ3v) is 4.87. The molecule has 1 N–H and O–H groups in total. The molecule has 1 aliphatic heterocycles. The van der Waals surface area contributed by atoms with Crippen molar-refractivity contribution in [3.05, 3.63) is 29.6 Å². The molecule has 1 saturated heterocycles. The second-order valence-corrected chi connectivity index (χ2v) is 6.42. The van der Waals surface area contributed by atoms with Gasteiger partial charge in [-0.2, -0.15) is 18.0 Å². The Morgan fingerprint density at radius 2 is 2.27 bits per heavy atom. The van der Waals surface area contributed by atoms with Crippen LogP contribution in [0.25, 0.3) is 0 Å². The Hall–Kier alpha value is -2.18. The molecule has 0 aliphatic carbocycles. The number of esters is 1. The highest BCUT2D eigenvalue weighted by Crippen LogP contribution is 2.24. The Bertz CT molecular complexity index is 729. The van der Waals surface area contributed by atoms with Crippen molar-refractivity contribution in [1.29, 1.82) is 5.26 Å². The average molecular weight is 327 g/mol. The molecule has 22 heavy (non-hydrogen) atoms. The maximum Gasteiger partial charge on any atom is 0.310 e. The molecule has 0 saturated carbocycles. The second-order valence-electron chi connectivity index (χ2n) is 4.75. The molecule has 9 heteroatoms. The van der Waals surface area contributed by atoms with E-state index in [0.29, 0.717) is 6.42 Å². The van der Waals surface area contributed by atoms with Crippen molar-refractivity contribution >= 4 is 21.9 Å². The topological polar surface area (TPSA) is 99.5 Å². The van der Waals surface area contributed by atoms with Gasteiger partial charge >= 0.3 is 16.2 Å². The van der Waals surface area contributed by atoms with Gasteiger partial charge in [-0.15, -0.1) is 0 Å². The van der Waals surface area contributed by atoms with Gasteiger partial charge in [0.15, 0.2) is 5.82 Å². The molecule has 0 aromatic heterocycles. The fourth-order valence-corrected chi connectivity index (χ4v) is 3.49. The molecule has 0 amide bonds. The van der Waals surface area contributed by atoms with Crippen LogP contribution in [0.1, 0.15) is 12.0 Å². The van der Waals surface area contributed by atoms with Gasteiger partial charge < -0.3 is 4.74 Å². The lowest BCUT2D eigenvalue weighted by Crippen LogP contribution is -2.35. The molecular weight excluding hydrogens is 313 g/mol. The number of hydrogen-bond acceptors (Lipinski definition) is 5. The van der Waals surface area contributed by atoms with Crippen LogP contribution < -0.4 is 4.72 Å². The normalized spacial score (nSPS) is 18.7. The van der Waals surface area contributed by atoms with E-state index in [9.17, 15) is 17.6 Å². The summed E-state index contributed by atoms with van der Waals surface area (Å²) in [5, 5.41) is 8.75. The molecule has 7 nitrogen and oxygen atoms in total. The van der Waals surface area contributed by atoms with Crippen molar-refractivity contribution in [2.45, 2.75) is 6.42 Å². The number of ether oxygens (including phenoxy) is 1. The summed E-state index contributed by atoms with van der Waals surface area (Å²) in [6.45, 7) is 0.107. The summed E-state index contributed by atoms with van der Waals surface area (Å²) in [6.07, 6.45) is 0.342. The highest BCUT2D eigenvalue weighted by atomic mass is 32.2. The highest BCUT2D eigenvalue weighted by molar-refractivity contribution is 7.90. The molecule has 2 rings (SSSR count). The van der Waals surface area contributed by atoms with Gasteiger partial charge in [-0.3, -0.25) is 9.52 Å². The fraction of sp³-hybridized carbons (Fsp3) is 0.385. The summed E-state index contributed by atoms with van der Waals surface area (Å²) < 4.78 is 46.1. The Morgan fingerprint density at radius 3 is 2.91 bits per heavy atom. The minimum Gasteiger partial charge on any atom is -0.469 e. The van der Waals surface area contributed by atoms with E-state index in [2.05, 4.69) is 9.46 Å². The molecule has 1 atom stereocenters. The molecule has 1 aromatic rings. The predicted octanol–water partition coefficient (Wildman–Crippen LogP) is 0.849. The van der Waals surface area contributed by atoms with E-state index in [1.165, 1.54) is 25.3 Å². The van der Waals surface area contributed by atoms with E-state index in [4.69, 9.17) is 5.26 Å². The van der Waals surface area contributed by atoms with Crippen molar-refractivity contribution in [1.82, 2.24) is 4.31 Å². The first-order valence-electron chi connectivity index (χ1n) is 6.43. The van der Waals surface area contributed by atoms with Crippen LogP contribution >= 0.6 is 0 Å². The van der Waals surface area contributed by atoms with E-state index < -0.39 is 27.9 Å². The molecule has 0 spiro atoms. The summed E-state index contributed by atoms with van der Waals surface area (Å²) in [5.74, 6) is -1.94. The Labute approximate surface area is 127 Å². The number of anilines is 1. The van der Waals surface area contributed by atoms with Gasteiger partial charge in [-0.25, -0.2) is 4.39 Å². The van der Waals surface area contributed by atoms with Gasteiger partial charge in [-0.1, -0.05) is 6.07 Å². The number of methoxy groups -OCH3 is 1. The summed E-state index contributed by atoms with van der Waals surface area (Å²) in [4.78, 5) is 11.4. The first-order valence-corrected chi connectivity index (χ1v) is 7.87. The monoisotopic (exact) mass is 327 g/mol. The minimum absolute atomic E-state index is 0.0262. The molecule has 1 heterocycles. The molecule has 1 aromatic carbocycles. The highest BCUT2D eigenvalue weighted by Gasteiger charge is 2.36. The maximum absolute atomic E-state index is 13.9. The van der Waals surface area contributed by atoms with E-state index in [1.807, 2.05) is 0 Å². The Morgan fingerprint density at radius 1 is 1.55 bits per heavy atom. The number of carbonyl (C=O) groups is 1. The number of nitrogens with one attached hydrogen (secondary N) is 1. The summed E-state index contributed by atoms with van der Waals surface area (Å²) in [5.41, 5.74) is -0.561. The van der Waals surface area contributed by atoms with Gasteiger partial charge in [0, 0.05) is 13.1 Å². The van der Waals surface area contributed by atoms with E-state index in [-0.39, 0.29) is 24.3 Å². The molecule has 1 fully saturated rings. The molecule has 1 unspecified atom stereocenters. The quantitative estimate of drug-likeness (QED) is 0.827. The molecular formula is C13H14FN3O4S. The van der Waals surface area contributed by atoms with E-state index in [0.717, 1.165) is 4.31 Å². The zero-order valence-corrected chi connectivity index (χ0v) is 12.6.